The second kappa shape index (κ2) is 9.57. The molecule has 1 fully saturated rings. The highest BCUT2D eigenvalue weighted by molar-refractivity contribution is 5.98. The Labute approximate surface area is 177 Å². The van der Waals surface area contributed by atoms with Gasteiger partial charge in [-0.15, -0.1) is 0 Å². The van der Waals surface area contributed by atoms with Gasteiger partial charge in [0.25, 0.3) is 11.8 Å². The smallest absolute Gasteiger partial charge is 0.253 e. The van der Waals surface area contributed by atoms with Gasteiger partial charge in [0.15, 0.2) is 0 Å². The number of hydrogen-bond donors (Lipinski definition) is 1. The molecular formula is C24H29N3O3. The van der Waals surface area contributed by atoms with Crippen molar-refractivity contribution in [1.29, 1.82) is 0 Å². The van der Waals surface area contributed by atoms with Crippen LogP contribution >= 0.6 is 0 Å². The highest BCUT2D eigenvalue weighted by Gasteiger charge is 2.32. The molecule has 0 aliphatic carbocycles. The van der Waals surface area contributed by atoms with Crippen LogP contribution in [0.2, 0.25) is 0 Å². The maximum Gasteiger partial charge on any atom is 0.253 e. The van der Waals surface area contributed by atoms with Crippen LogP contribution in [0.1, 0.15) is 40.1 Å². The lowest BCUT2D eigenvalue weighted by Gasteiger charge is -2.37. The molecule has 1 atom stereocenters. The third kappa shape index (κ3) is 5.06. The number of aryl methyl sites for hydroxylation is 1. The van der Waals surface area contributed by atoms with Crippen LogP contribution in [-0.4, -0.2) is 59.7 Å². The van der Waals surface area contributed by atoms with Crippen molar-refractivity contribution >= 4 is 17.7 Å². The van der Waals surface area contributed by atoms with Crippen molar-refractivity contribution in [2.45, 2.75) is 26.8 Å². The number of amides is 3. The monoisotopic (exact) mass is 407 g/mol. The lowest BCUT2D eigenvalue weighted by molar-refractivity contribution is -0.135. The second-order valence-corrected chi connectivity index (χ2v) is 8.05. The zero-order valence-electron chi connectivity index (χ0n) is 17.8. The Bertz CT molecular complexity index is 903. The molecule has 1 aliphatic rings. The average Bonchev–Trinajstić information content (AvgIpc) is 2.77. The number of benzene rings is 2. The van der Waals surface area contributed by atoms with Crippen molar-refractivity contribution in [3.05, 3.63) is 71.3 Å². The number of carbonyl (C=O) groups excluding carboxylic acids is 3. The normalized spacial score (nSPS) is 15.1. The molecule has 1 heterocycles. The second-order valence-electron chi connectivity index (χ2n) is 8.05. The number of rotatable bonds is 5. The van der Waals surface area contributed by atoms with Gasteiger partial charge in [-0.25, -0.2) is 0 Å². The van der Waals surface area contributed by atoms with Gasteiger partial charge in [-0.2, -0.15) is 0 Å². The minimum Gasteiger partial charge on any atom is -0.340 e. The highest BCUT2D eigenvalue weighted by Crippen LogP contribution is 2.13. The summed E-state index contributed by atoms with van der Waals surface area (Å²) in [6.07, 6.45) is 0. The van der Waals surface area contributed by atoms with Crippen LogP contribution < -0.4 is 5.32 Å². The predicted molar refractivity (Wildman–Crippen MR) is 116 cm³/mol. The molecule has 0 radical (unpaired) electrons. The molecule has 6 nitrogen and oxygen atoms in total. The fraction of sp³-hybridized carbons (Fsp3) is 0.375. The first-order chi connectivity index (χ1) is 14.4. The van der Waals surface area contributed by atoms with E-state index in [-0.39, 0.29) is 23.6 Å². The third-order valence-electron chi connectivity index (χ3n) is 5.40. The number of carbonyl (C=O) groups is 3. The lowest BCUT2D eigenvalue weighted by Crippen LogP contribution is -2.57. The zero-order chi connectivity index (χ0) is 21.7. The quantitative estimate of drug-likeness (QED) is 0.829. The molecule has 158 valence electrons. The summed E-state index contributed by atoms with van der Waals surface area (Å²) in [4.78, 5) is 41.9. The Morgan fingerprint density at radius 3 is 2.03 bits per heavy atom. The van der Waals surface area contributed by atoms with Crippen molar-refractivity contribution in [1.82, 2.24) is 15.1 Å². The molecule has 30 heavy (non-hydrogen) atoms. The molecule has 1 N–H and O–H groups in total. The van der Waals surface area contributed by atoms with Gasteiger partial charge in [0.2, 0.25) is 5.91 Å². The SMILES string of the molecule is Cc1cccc(C(=O)N[C@@H](C(=O)N2CCN(C(=O)c3ccccc3)CC2)C(C)C)c1. The van der Waals surface area contributed by atoms with Gasteiger partial charge >= 0.3 is 0 Å². The number of nitrogens with one attached hydrogen (secondary N) is 1. The zero-order valence-corrected chi connectivity index (χ0v) is 17.8. The summed E-state index contributed by atoms with van der Waals surface area (Å²) >= 11 is 0. The maximum atomic E-state index is 13.1. The van der Waals surface area contributed by atoms with Crippen LogP contribution in [0.5, 0.6) is 0 Å². The molecule has 0 spiro atoms. The number of hydrogen-bond acceptors (Lipinski definition) is 3. The van der Waals surface area contributed by atoms with E-state index in [1.165, 1.54) is 0 Å². The molecule has 1 aliphatic heterocycles. The van der Waals surface area contributed by atoms with E-state index in [1.807, 2.05) is 57.2 Å². The van der Waals surface area contributed by atoms with Crippen LogP contribution in [0.25, 0.3) is 0 Å². The van der Waals surface area contributed by atoms with Gasteiger partial charge in [0, 0.05) is 37.3 Å². The molecular weight excluding hydrogens is 378 g/mol. The van der Waals surface area contributed by atoms with Crippen molar-refractivity contribution in [3.8, 4) is 0 Å². The van der Waals surface area contributed by atoms with E-state index in [4.69, 9.17) is 0 Å². The average molecular weight is 408 g/mol. The van der Waals surface area contributed by atoms with E-state index < -0.39 is 6.04 Å². The topological polar surface area (TPSA) is 69.7 Å². The van der Waals surface area contributed by atoms with Gasteiger partial charge in [0.1, 0.15) is 6.04 Å². The van der Waals surface area contributed by atoms with E-state index in [0.29, 0.717) is 37.3 Å². The first-order valence-corrected chi connectivity index (χ1v) is 10.4. The fourth-order valence-corrected chi connectivity index (χ4v) is 3.61. The Morgan fingerprint density at radius 1 is 0.833 bits per heavy atom. The van der Waals surface area contributed by atoms with E-state index >= 15 is 0 Å². The highest BCUT2D eigenvalue weighted by atomic mass is 16.2. The van der Waals surface area contributed by atoms with Gasteiger partial charge in [-0.3, -0.25) is 14.4 Å². The Morgan fingerprint density at radius 2 is 1.43 bits per heavy atom. The molecule has 3 rings (SSSR count). The van der Waals surface area contributed by atoms with Crippen molar-refractivity contribution < 1.29 is 14.4 Å². The molecule has 6 heteroatoms. The molecule has 0 aromatic heterocycles. The van der Waals surface area contributed by atoms with Gasteiger partial charge in [-0.1, -0.05) is 49.7 Å². The standard InChI is InChI=1S/C24H29N3O3/c1-17(2)21(25-22(28)20-11-7-8-18(3)16-20)24(30)27-14-12-26(13-15-27)23(29)19-9-5-4-6-10-19/h4-11,16-17,21H,12-15H2,1-3H3,(H,25,28)/t21-/m1/s1. The molecule has 2 aromatic rings. The summed E-state index contributed by atoms with van der Waals surface area (Å²) in [5.74, 6) is -0.410. The van der Waals surface area contributed by atoms with Gasteiger partial charge < -0.3 is 15.1 Å². The van der Waals surface area contributed by atoms with E-state index in [0.717, 1.165) is 5.56 Å². The summed E-state index contributed by atoms with van der Waals surface area (Å²) in [7, 11) is 0. The first-order valence-electron chi connectivity index (χ1n) is 10.4. The number of nitrogens with zero attached hydrogens (tertiary/aromatic N) is 2. The van der Waals surface area contributed by atoms with Crippen molar-refractivity contribution in [2.24, 2.45) is 5.92 Å². The van der Waals surface area contributed by atoms with Crippen molar-refractivity contribution in [3.63, 3.8) is 0 Å². The fourth-order valence-electron chi connectivity index (χ4n) is 3.61. The Kier molecular flexibility index (Phi) is 6.87. The largest absolute Gasteiger partial charge is 0.340 e. The molecule has 2 aromatic carbocycles. The molecule has 0 saturated carbocycles. The predicted octanol–water partition coefficient (Wildman–Crippen LogP) is 2.73. The minimum atomic E-state index is -0.602. The summed E-state index contributed by atoms with van der Waals surface area (Å²) in [6, 6.07) is 15.9. The van der Waals surface area contributed by atoms with Crippen LogP contribution in [0, 0.1) is 12.8 Å². The Balaban J connectivity index is 1.61. The summed E-state index contributed by atoms with van der Waals surface area (Å²) < 4.78 is 0. The summed E-state index contributed by atoms with van der Waals surface area (Å²) in [6.45, 7) is 7.66. The molecule has 0 unspecified atom stereocenters. The van der Waals surface area contributed by atoms with Crippen molar-refractivity contribution in [2.75, 3.05) is 26.2 Å². The van der Waals surface area contributed by atoms with Gasteiger partial charge in [-0.05, 0) is 37.1 Å². The maximum absolute atomic E-state index is 13.1. The minimum absolute atomic E-state index is 0.0177. The number of piperazine rings is 1. The lowest BCUT2D eigenvalue weighted by atomic mass is 10.0. The molecule has 0 bridgehead atoms. The van der Waals surface area contributed by atoms with Crippen LogP contribution in [0.3, 0.4) is 0 Å². The van der Waals surface area contributed by atoms with Crippen LogP contribution in [-0.2, 0) is 4.79 Å². The molecule has 1 saturated heterocycles. The first kappa shape index (κ1) is 21.6. The van der Waals surface area contributed by atoms with E-state index in [2.05, 4.69) is 5.32 Å². The van der Waals surface area contributed by atoms with Gasteiger partial charge in [0.05, 0.1) is 0 Å². The molecule has 3 amide bonds. The third-order valence-corrected chi connectivity index (χ3v) is 5.40. The van der Waals surface area contributed by atoms with E-state index in [1.54, 1.807) is 28.0 Å². The Hall–Kier alpha value is -3.15. The van der Waals surface area contributed by atoms with Crippen LogP contribution in [0.4, 0.5) is 0 Å². The summed E-state index contributed by atoms with van der Waals surface area (Å²) in [5, 5.41) is 2.91. The van der Waals surface area contributed by atoms with Crippen LogP contribution in [0.15, 0.2) is 54.6 Å². The van der Waals surface area contributed by atoms with E-state index in [9.17, 15) is 14.4 Å². The summed E-state index contributed by atoms with van der Waals surface area (Å²) in [5.41, 5.74) is 2.20.